The zero-order chi connectivity index (χ0) is 12.3. The van der Waals surface area contributed by atoms with Crippen molar-refractivity contribution in [2.75, 3.05) is 13.1 Å². The summed E-state index contributed by atoms with van der Waals surface area (Å²) in [6.45, 7) is 4.66. The van der Waals surface area contributed by atoms with E-state index in [0.29, 0.717) is 12.5 Å². The van der Waals surface area contributed by atoms with E-state index in [-0.39, 0.29) is 5.92 Å². The topological polar surface area (TPSA) is 40.5 Å². The number of nitrogens with zero attached hydrogens (tertiary/aromatic N) is 1. The number of rotatable bonds is 3. The van der Waals surface area contributed by atoms with E-state index in [1.54, 1.807) is 0 Å². The minimum absolute atomic E-state index is 0.206. The van der Waals surface area contributed by atoms with Crippen LogP contribution < -0.4 is 0 Å². The van der Waals surface area contributed by atoms with Gasteiger partial charge in [0.2, 0.25) is 0 Å². The monoisotopic (exact) mass is 233 g/mol. The molecule has 3 heteroatoms. The van der Waals surface area contributed by atoms with Gasteiger partial charge in [-0.05, 0) is 17.9 Å². The highest BCUT2D eigenvalue weighted by molar-refractivity contribution is 5.70. The number of aliphatic carboxylic acids is 1. The van der Waals surface area contributed by atoms with Crippen molar-refractivity contribution in [1.82, 2.24) is 4.90 Å². The van der Waals surface area contributed by atoms with Gasteiger partial charge in [-0.3, -0.25) is 9.69 Å². The molecule has 1 aromatic carbocycles. The molecule has 0 spiro atoms. The Morgan fingerprint density at radius 1 is 1.35 bits per heavy atom. The van der Waals surface area contributed by atoms with Gasteiger partial charge in [0.1, 0.15) is 0 Å². The second-order valence-electron chi connectivity index (χ2n) is 5.06. The summed E-state index contributed by atoms with van der Waals surface area (Å²) in [7, 11) is 0. The van der Waals surface area contributed by atoms with Crippen LogP contribution in [-0.2, 0) is 11.3 Å². The van der Waals surface area contributed by atoms with E-state index in [9.17, 15) is 4.79 Å². The van der Waals surface area contributed by atoms with Crippen LogP contribution in [0.4, 0.5) is 0 Å². The molecule has 17 heavy (non-hydrogen) atoms. The Hall–Kier alpha value is -1.35. The van der Waals surface area contributed by atoms with Crippen molar-refractivity contribution in [2.45, 2.75) is 19.9 Å². The number of benzene rings is 1. The smallest absolute Gasteiger partial charge is 0.307 e. The zero-order valence-corrected chi connectivity index (χ0v) is 10.2. The third-order valence-electron chi connectivity index (χ3n) is 3.33. The lowest BCUT2D eigenvalue weighted by atomic mass is 9.90. The third-order valence-corrected chi connectivity index (χ3v) is 3.33. The summed E-state index contributed by atoms with van der Waals surface area (Å²) in [5.41, 5.74) is 1.26. The van der Waals surface area contributed by atoms with Gasteiger partial charge in [-0.15, -0.1) is 0 Å². The van der Waals surface area contributed by atoms with Crippen molar-refractivity contribution in [3.63, 3.8) is 0 Å². The van der Waals surface area contributed by atoms with Crippen molar-refractivity contribution in [3.05, 3.63) is 35.9 Å². The molecule has 2 rings (SSSR count). The van der Waals surface area contributed by atoms with E-state index in [4.69, 9.17) is 5.11 Å². The fourth-order valence-corrected chi connectivity index (χ4v) is 2.61. The number of carbonyl (C=O) groups is 1. The average molecular weight is 233 g/mol. The van der Waals surface area contributed by atoms with Crippen LogP contribution in [0.2, 0.25) is 0 Å². The molecule has 1 saturated heterocycles. The van der Waals surface area contributed by atoms with Gasteiger partial charge in [0.05, 0.1) is 5.92 Å². The summed E-state index contributed by atoms with van der Waals surface area (Å²) in [5.74, 6) is -0.398. The molecule has 0 saturated carbocycles. The lowest BCUT2D eigenvalue weighted by molar-refractivity contribution is -0.144. The molecule has 0 bridgehead atoms. The van der Waals surface area contributed by atoms with Crippen LogP contribution in [-0.4, -0.2) is 29.1 Å². The molecule has 0 amide bonds. The van der Waals surface area contributed by atoms with Crippen LogP contribution in [0.3, 0.4) is 0 Å². The molecule has 1 aliphatic heterocycles. The van der Waals surface area contributed by atoms with Crippen molar-refractivity contribution >= 4 is 5.97 Å². The highest BCUT2D eigenvalue weighted by Crippen LogP contribution is 2.23. The summed E-state index contributed by atoms with van der Waals surface area (Å²) in [6.07, 6.45) is 0.806. The normalized spacial score (nSPS) is 25.7. The number of carboxylic acid groups (broad SMARTS) is 1. The van der Waals surface area contributed by atoms with Crippen molar-refractivity contribution < 1.29 is 9.90 Å². The van der Waals surface area contributed by atoms with Crippen LogP contribution >= 0.6 is 0 Å². The van der Waals surface area contributed by atoms with Crippen LogP contribution in [0.5, 0.6) is 0 Å². The summed E-state index contributed by atoms with van der Waals surface area (Å²) in [4.78, 5) is 13.3. The predicted octanol–water partition coefficient (Wildman–Crippen LogP) is 2.23. The fraction of sp³-hybridized carbons (Fsp3) is 0.500. The second kappa shape index (κ2) is 5.32. The first-order valence-corrected chi connectivity index (χ1v) is 6.14. The summed E-state index contributed by atoms with van der Waals surface area (Å²) in [6, 6.07) is 10.2. The zero-order valence-electron chi connectivity index (χ0n) is 10.2. The maximum absolute atomic E-state index is 11.1. The Bertz CT molecular complexity index is 377. The largest absolute Gasteiger partial charge is 0.481 e. The van der Waals surface area contributed by atoms with E-state index in [1.807, 2.05) is 18.2 Å². The molecule has 1 heterocycles. The Labute approximate surface area is 102 Å². The summed E-state index contributed by atoms with van der Waals surface area (Å²) in [5, 5.41) is 9.11. The minimum Gasteiger partial charge on any atom is -0.481 e. The molecular formula is C14H19NO2. The van der Waals surface area contributed by atoms with Crippen molar-refractivity contribution in [3.8, 4) is 0 Å². The Balaban J connectivity index is 1.99. The number of piperidine rings is 1. The molecule has 92 valence electrons. The van der Waals surface area contributed by atoms with E-state index < -0.39 is 5.97 Å². The molecule has 2 atom stereocenters. The molecule has 3 nitrogen and oxygen atoms in total. The molecule has 0 aliphatic carbocycles. The molecule has 0 radical (unpaired) electrons. The van der Waals surface area contributed by atoms with E-state index in [2.05, 4.69) is 24.0 Å². The lowest BCUT2D eigenvalue weighted by Gasteiger charge is -2.34. The highest BCUT2D eigenvalue weighted by atomic mass is 16.4. The van der Waals surface area contributed by atoms with Gasteiger partial charge in [-0.2, -0.15) is 0 Å². The fourth-order valence-electron chi connectivity index (χ4n) is 2.61. The molecule has 0 aromatic heterocycles. The third kappa shape index (κ3) is 3.30. The van der Waals surface area contributed by atoms with E-state index in [0.717, 1.165) is 19.5 Å². The van der Waals surface area contributed by atoms with Gasteiger partial charge in [-0.1, -0.05) is 37.3 Å². The van der Waals surface area contributed by atoms with Gasteiger partial charge in [0, 0.05) is 19.6 Å². The predicted molar refractivity (Wildman–Crippen MR) is 66.6 cm³/mol. The molecule has 2 unspecified atom stereocenters. The van der Waals surface area contributed by atoms with Gasteiger partial charge < -0.3 is 5.11 Å². The van der Waals surface area contributed by atoms with Gasteiger partial charge in [-0.25, -0.2) is 0 Å². The van der Waals surface area contributed by atoms with E-state index in [1.165, 1.54) is 5.56 Å². The van der Waals surface area contributed by atoms with Crippen LogP contribution in [0.15, 0.2) is 30.3 Å². The first-order chi connectivity index (χ1) is 8.15. The van der Waals surface area contributed by atoms with Crippen LogP contribution in [0.25, 0.3) is 0 Å². The number of hydrogen-bond donors (Lipinski definition) is 1. The average Bonchev–Trinajstić information content (AvgIpc) is 2.29. The van der Waals surface area contributed by atoms with Gasteiger partial charge in [0.15, 0.2) is 0 Å². The number of hydrogen-bond acceptors (Lipinski definition) is 2. The Morgan fingerprint density at radius 3 is 2.71 bits per heavy atom. The summed E-state index contributed by atoms with van der Waals surface area (Å²) >= 11 is 0. The lowest BCUT2D eigenvalue weighted by Crippen LogP contribution is -2.41. The molecule has 1 aliphatic rings. The quantitative estimate of drug-likeness (QED) is 0.870. The first kappa shape index (κ1) is 12.1. The number of likely N-dealkylation sites (tertiary alicyclic amines) is 1. The van der Waals surface area contributed by atoms with Crippen molar-refractivity contribution in [2.24, 2.45) is 11.8 Å². The van der Waals surface area contributed by atoms with Gasteiger partial charge >= 0.3 is 5.97 Å². The number of carboxylic acids is 1. The maximum Gasteiger partial charge on any atom is 0.307 e. The molecular weight excluding hydrogens is 214 g/mol. The Kier molecular flexibility index (Phi) is 3.79. The molecule has 1 N–H and O–H groups in total. The molecule has 1 fully saturated rings. The van der Waals surface area contributed by atoms with E-state index >= 15 is 0 Å². The first-order valence-electron chi connectivity index (χ1n) is 6.14. The highest BCUT2D eigenvalue weighted by Gasteiger charge is 2.29. The van der Waals surface area contributed by atoms with Crippen LogP contribution in [0.1, 0.15) is 18.9 Å². The maximum atomic E-state index is 11.1. The van der Waals surface area contributed by atoms with Crippen molar-refractivity contribution in [1.29, 1.82) is 0 Å². The van der Waals surface area contributed by atoms with Gasteiger partial charge in [0.25, 0.3) is 0 Å². The SMILES string of the molecule is CC1CC(C(=O)O)CN(Cc2ccccc2)C1. The second-order valence-corrected chi connectivity index (χ2v) is 5.06. The molecule has 1 aromatic rings. The Morgan fingerprint density at radius 2 is 2.06 bits per heavy atom. The van der Waals surface area contributed by atoms with Crippen LogP contribution in [0, 0.1) is 11.8 Å². The standard InChI is InChI=1S/C14H19NO2/c1-11-7-13(14(16)17)10-15(8-11)9-12-5-3-2-4-6-12/h2-6,11,13H,7-10H2,1H3,(H,16,17). The summed E-state index contributed by atoms with van der Waals surface area (Å²) < 4.78 is 0. The minimum atomic E-state index is -0.658.